The van der Waals surface area contributed by atoms with E-state index in [1.54, 1.807) is 4.90 Å². The van der Waals surface area contributed by atoms with Gasteiger partial charge < -0.3 is 15.5 Å². The van der Waals surface area contributed by atoms with Crippen molar-refractivity contribution in [3.05, 3.63) is 0 Å². The molecule has 5 nitrogen and oxygen atoms in total. The highest BCUT2D eigenvalue weighted by molar-refractivity contribution is 5.87. The number of nitrogens with one attached hydrogen (secondary N) is 2. The SMILES string of the molecule is CCN(CC)C(=O)CCNC(=O)C1(CC)CCCN1. The quantitative estimate of drug-likeness (QED) is 0.721. The van der Waals surface area contributed by atoms with Crippen molar-refractivity contribution in [2.75, 3.05) is 26.2 Å². The summed E-state index contributed by atoms with van der Waals surface area (Å²) < 4.78 is 0. The summed E-state index contributed by atoms with van der Waals surface area (Å²) in [7, 11) is 0. The molecule has 1 atom stereocenters. The van der Waals surface area contributed by atoms with E-state index in [0.717, 1.165) is 38.9 Å². The summed E-state index contributed by atoms with van der Waals surface area (Å²) in [5.74, 6) is 0.148. The number of rotatable bonds is 7. The van der Waals surface area contributed by atoms with Crippen LogP contribution in [0.15, 0.2) is 0 Å². The standard InChI is InChI=1S/C14H27N3O2/c1-4-14(9-7-10-16-14)13(19)15-11-8-12(18)17(5-2)6-3/h16H,4-11H2,1-3H3,(H,15,19). The second-order valence-corrected chi connectivity index (χ2v) is 5.04. The first-order valence-corrected chi connectivity index (χ1v) is 7.40. The molecule has 2 N–H and O–H groups in total. The van der Waals surface area contributed by atoms with Crippen LogP contribution in [0.5, 0.6) is 0 Å². The Bertz CT molecular complexity index is 308. The summed E-state index contributed by atoms with van der Waals surface area (Å²) in [4.78, 5) is 25.8. The summed E-state index contributed by atoms with van der Waals surface area (Å²) >= 11 is 0. The first kappa shape index (κ1) is 16.0. The van der Waals surface area contributed by atoms with Gasteiger partial charge in [-0.2, -0.15) is 0 Å². The third-order valence-corrected chi connectivity index (χ3v) is 4.02. The van der Waals surface area contributed by atoms with Crippen LogP contribution in [0.25, 0.3) is 0 Å². The van der Waals surface area contributed by atoms with E-state index in [0.29, 0.717) is 13.0 Å². The molecular weight excluding hydrogens is 242 g/mol. The third kappa shape index (κ3) is 3.93. The van der Waals surface area contributed by atoms with Crippen molar-refractivity contribution in [3.63, 3.8) is 0 Å². The first-order valence-electron chi connectivity index (χ1n) is 7.40. The Balaban J connectivity index is 2.36. The molecular formula is C14H27N3O2. The molecule has 0 spiro atoms. The van der Waals surface area contributed by atoms with E-state index >= 15 is 0 Å². The van der Waals surface area contributed by atoms with E-state index in [1.165, 1.54) is 0 Å². The molecule has 1 unspecified atom stereocenters. The zero-order chi connectivity index (χ0) is 14.3. The Morgan fingerprint density at radius 3 is 2.42 bits per heavy atom. The lowest BCUT2D eigenvalue weighted by Gasteiger charge is -2.27. The highest BCUT2D eigenvalue weighted by atomic mass is 16.2. The van der Waals surface area contributed by atoms with Gasteiger partial charge in [0, 0.05) is 26.1 Å². The Hall–Kier alpha value is -1.10. The van der Waals surface area contributed by atoms with Crippen LogP contribution in [0.3, 0.4) is 0 Å². The molecule has 1 rings (SSSR count). The second-order valence-electron chi connectivity index (χ2n) is 5.04. The van der Waals surface area contributed by atoms with Crippen LogP contribution in [0.2, 0.25) is 0 Å². The van der Waals surface area contributed by atoms with Crippen LogP contribution in [0.1, 0.15) is 46.5 Å². The van der Waals surface area contributed by atoms with Gasteiger partial charge in [-0.25, -0.2) is 0 Å². The predicted molar refractivity (Wildman–Crippen MR) is 75.8 cm³/mol. The third-order valence-electron chi connectivity index (χ3n) is 4.02. The zero-order valence-corrected chi connectivity index (χ0v) is 12.4. The Labute approximate surface area is 116 Å². The van der Waals surface area contributed by atoms with Crippen LogP contribution in [-0.2, 0) is 9.59 Å². The molecule has 0 saturated carbocycles. The lowest BCUT2D eigenvalue weighted by molar-refractivity contribution is -0.131. The lowest BCUT2D eigenvalue weighted by atomic mass is 9.93. The van der Waals surface area contributed by atoms with Gasteiger partial charge in [0.05, 0.1) is 5.54 Å². The van der Waals surface area contributed by atoms with Crippen LogP contribution < -0.4 is 10.6 Å². The van der Waals surface area contributed by atoms with Gasteiger partial charge >= 0.3 is 0 Å². The van der Waals surface area contributed by atoms with Crippen molar-refractivity contribution in [3.8, 4) is 0 Å². The summed E-state index contributed by atoms with van der Waals surface area (Å²) in [5, 5.41) is 6.20. The number of carbonyl (C=O) groups excluding carboxylic acids is 2. The zero-order valence-electron chi connectivity index (χ0n) is 12.4. The molecule has 2 amide bonds. The minimum atomic E-state index is -0.405. The number of amides is 2. The molecule has 0 bridgehead atoms. The molecule has 110 valence electrons. The molecule has 0 aromatic heterocycles. The van der Waals surface area contributed by atoms with Crippen molar-refractivity contribution in [1.82, 2.24) is 15.5 Å². The van der Waals surface area contributed by atoms with Gasteiger partial charge in [0.15, 0.2) is 0 Å². The molecule has 0 radical (unpaired) electrons. The molecule has 1 heterocycles. The highest BCUT2D eigenvalue weighted by Gasteiger charge is 2.38. The van der Waals surface area contributed by atoms with Crippen LogP contribution in [0, 0.1) is 0 Å². The molecule has 5 heteroatoms. The van der Waals surface area contributed by atoms with Crippen molar-refractivity contribution < 1.29 is 9.59 Å². The van der Waals surface area contributed by atoms with E-state index in [1.807, 2.05) is 20.8 Å². The normalized spacial score (nSPS) is 22.3. The number of hydrogen-bond donors (Lipinski definition) is 2. The van der Waals surface area contributed by atoms with E-state index in [4.69, 9.17) is 0 Å². The van der Waals surface area contributed by atoms with Gasteiger partial charge in [-0.15, -0.1) is 0 Å². The number of hydrogen-bond acceptors (Lipinski definition) is 3. The average Bonchev–Trinajstić information content (AvgIpc) is 2.90. The maximum Gasteiger partial charge on any atom is 0.240 e. The van der Waals surface area contributed by atoms with Gasteiger partial charge in [0.25, 0.3) is 0 Å². The maximum atomic E-state index is 12.2. The topological polar surface area (TPSA) is 61.4 Å². The van der Waals surface area contributed by atoms with E-state index < -0.39 is 5.54 Å². The molecule has 1 saturated heterocycles. The van der Waals surface area contributed by atoms with Gasteiger partial charge in [0.1, 0.15) is 0 Å². The molecule has 19 heavy (non-hydrogen) atoms. The molecule has 1 aliphatic rings. The van der Waals surface area contributed by atoms with E-state index in [-0.39, 0.29) is 11.8 Å². The second kappa shape index (κ2) is 7.48. The van der Waals surface area contributed by atoms with Crippen molar-refractivity contribution >= 4 is 11.8 Å². The number of nitrogens with zero attached hydrogens (tertiary/aromatic N) is 1. The fourth-order valence-corrected chi connectivity index (χ4v) is 2.65. The predicted octanol–water partition coefficient (Wildman–Crippen LogP) is 0.893. The van der Waals surface area contributed by atoms with Crippen LogP contribution in [0.4, 0.5) is 0 Å². The summed E-state index contributed by atoms with van der Waals surface area (Å²) in [6.45, 7) is 8.74. The van der Waals surface area contributed by atoms with Gasteiger partial charge in [-0.1, -0.05) is 6.92 Å². The largest absolute Gasteiger partial charge is 0.354 e. The Morgan fingerprint density at radius 2 is 1.95 bits per heavy atom. The molecule has 1 fully saturated rings. The average molecular weight is 269 g/mol. The van der Waals surface area contributed by atoms with Gasteiger partial charge in [0.2, 0.25) is 11.8 Å². The maximum absolute atomic E-state index is 12.2. The van der Waals surface area contributed by atoms with Crippen molar-refractivity contribution in [1.29, 1.82) is 0 Å². The molecule has 1 aliphatic heterocycles. The Kier molecular flexibility index (Phi) is 6.28. The molecule has 0 aromatic carbocycles. The van der Waals surface area contributed by atoms with Crippen LogP contribution in [-0.4, -0.2) is 48.4 Å². The number of carbonyl (C=O) groups is 2. The smallest absolute Gasteiger partial charge is 0.240 e. The highest BCUT2D eigenvalue weighted by Crippen LogP contribution is 2.22. The monoisotopic (exact) mass is 269 g/mol. The molecule has 0 aliphatic carbocycles. The van der Waals surface area contributed by atoms with E-state index in [2.05, 4.69) is 10.6 Å². The minimum Gasteiger partial charge on any atom is -0.354 e. The molecule has 0 aromatic rings. The van der Waals surface area contributed by atoms with Crippen LogP contribution >= 0.6 is 0 Å². The minimum absolute atomic E-state index is 0.0415. The summed E-state index contributed by atoms with van der Waals surface area (Å²) in [6, 6.07) is 0. The van der Waals surface area contributed by atoms with E-state index in [9.17, 15) is 9.59 Å². The fraction of sp³-hybridized carbons (Fsp3) is 0.857. The summed E-state index contributed by atoms with van der Waals surface area (Å²) in [5.41, 5.74) is -0.405. The van der Waals surface area contributed by atoms with Gasteiger partial charge in [-0.3, -0.25) is 9.59 Å². The first-order chi connectivity index (χ1) is 9.09. The van der Waals surface area contributed by atoms with Crippen molar-refractivity contribution in [2.24, 2.45) is 0 Å². The van der Waals surface area contributed by atoms with Crippen molar-refractivity contribution in [2.45, 2.75) is 52.0 Å². The Morgan fingerprint density at radius 1 is 1.26 bits per heavy atom. The summed E-state index contributed by atoms with van der Waals surface area (Å²) in [6.07, 6.45) is 3.11. The fourth-order valence-electron chi connectivity index (χ4n) is 2.65. The van der Waals surface area contributed by atoms with Gasteiger partial charge in [-0.05, 0) is 39.7 Å². The lowest BCUT2D eigenvalue weighted by Crippen LogP contribution is -2.53.